The number of carbonyl (C=O) groups is 1. The topological polar surface area (TPSA) is 72.5 Å². The molecule has 0 amide bonds. The third-order valence-electron chi connectivity index (χ3n) is 6.85. The van der Waals surface area contributed by atoms with Crippen molar-refractivity contribution in [2.75, 3.05) is 13.2 Å². The van der Waals surface area contributed by atoms with Crippen LogP contribution in [0.2, 0.25) is 0 Å². The Bertz CT molecular complexity index is 576. The smallest absolute Gasteiger partial charge is 0.161 e. The van der Waals surface area contributed by atoms with Gasteiger partial charge in [-0.05, 0) is 25.2 Å². The highest BCUT2D eigenvalue weighted by Crippen LogP contribution is 2.48. The van der Waals surface area contributed by atoms with Crippen molar-refractivity contribution >= 4 is 5.78 Å². The molecule has 0 aromatic rings. The van der Waals surface area contributed by atoms with Crippen LogP contribution in [-0.2, 0) is 33.2 Å². The summed E-state index contributed by atoms with van der Waals surface area (Å²) in [5.41, 5.74) is 0. The molecule has 7 saturated heterocycles. The van der Waals surface area contributed by atoms with E-state index >= 15 is 0 Å². The Hall–Kier alpha value is -0.570. The Kier molecular flexibility index (Phi) is 3.92. The van der Waals surface area contributed by atoms with Gasteiger partial charge in [0.1, 0.15) is 36.3 Å². The van der Waals surface area contributed by atoms with E-state index in [1.807, 2.05) is 0 Å². The highest BCUT2D eigenvalue weighted by atomic mass is 16.8. The molecule has 0 aliphatic carbocycles. The Labute approximate surface area is 152 Å². The molecule has 7 aliphatic heterocycles. The summed E-state index contributed by atoms with van der Waals surface area (Å²) in [5.74, 6) is 0.665. The van der Waals surface area contributed by atoms with Crippen LogP contribution in [0.1, 0.15) is 38.5 Å². The minimum absolute atomic E-state index is 0.00359. The average molecular weight is 366 g/mol. The van der Waals surface area contributed by atoms with Crippen molar-refractivity contribution in [2.24, 2.45) is 5.92 Å². The quantitative estimate of drug-likeness (QED) is 0.734. The van der Waals surface area contributed by atoms with Gasteiger partial charge in [0.15, 0.2) is 6.29 Å². The number of fused-ring (bicyclic) bond motifs is 1. The maximum atomic E-state index is 12.4. The van der Waals surface area contributed by atoms with E-state index < -0.39 is 0 Å². The highest BCUT2D eigenvalue weighted by Gasteiger charge is 2.64. The van der Waals surface area contributed by atoms with Crippen LogP contribution in [0.25, 0.3) is 0 Å². The van der Waals surface area contributed by atoms with E-state index in [0.717, 1.165) is 38.9 Å². The monoisotopic (exact) mass is 366 g/mol. The van der Waals surface area contributed by atoms with Crippen LogP contribution < -0.4 is 0 Å². The van der Waals surface area contributed by atoms with Crippen molar-refractivity contribution < 1.29 is 33.2 Å². The molecule has 7 heterocycles. The molecule has 0 saturated carbocycles. The predicted octanol–water partition coefficient (Wildman–Crippen LogP) is 0.968. The van der Waals surface area contributed by atoms with Crippen LogP contribution in [0.4, 0.5) is 0 Å². The average Bonchev–Trinajstić information content (AvgIpc) is 3.26. The van der Waals surface area contributed by atoms with Gasteiger partial charge in [0.25, 0.3) is 0 Å². The van der Waals surface area contributed by atoms with Crippen molar-refractivity contribution in [3.63, 3.8) is 0 Å². The Morgan fingerprint density at radius 1 is 0.769 bits per heavy atom. The predicted molar refractivity (Wildman–Crippen MR) is 86.5 cm³/mol. The molecule has 7 aliphatic rings. The van der Waals surface area contributed by atoms with Crippen LogP contribution in [0.5, 0.6) is 0 Å². The van der Waals surface area contributed by atoms with Crippen molar-refractivity contribution in [1.82, 2.24) is 0 Å². The molecule has 0 N–H and O–H groups in total. The maximum Gasteiger partial charge on any atom is 0.161 e. The fourth-order valence-corrected chi connectivity index (χ4v) is 5.64. The van der Waals surface area contributed by atoms with Gasteiger partial charge in [-0.1, -0.05) is 0 Å². The largest absolute Gasteiger partial charge is 0.381 e. The van der Waals surface area contributed by atoms with Gasteiger partial charge >= 0.3 is 0 Å². The van der Waals surface area contributed by atoms with Crippen molar-refractivity contribution in [3.8, 4) is 0 Å². The van der Waals surface area contributed by atoms with Gasteiger partial charge in [0.2, 0.25) is 0 Å². The van der Waals surface area contributed by atoms with Crippen LogP contribution in [-0.4, -0.2) is 74.1 Å². The first-order valence-corrected chi connectivity index (χ1v) is 10.1. The maximum absolute atomic E-state index is 12.4. The lowest BCUT2D eigenvalue weighted by Crippen LogP contribution is -2.61. The highest BCUT2D eigenvalue weighted by molar-refractivity contribution is 5.79. The fourth-order valence-electron chi connectivity index (χ4n) is 5.64. The van der Waals surface area contributed by atoms with E-state index in [-0.39, 0.29) is 60.9 Å². The van der Waals surface area contributed by atoms with Gasteiger partial charge < -0.3 is 28.4 Å². The van der Waals surface area contributed by atoms with E-state index in [1.165, 1.54) is 0 Å². The second-order valence-corrected chi connectivity index (χ2v) is 8.62. The molecule has 0 aromatic heterocycles. The number of ether oxygens (including phenoxy) is 6. The lowest BCUT2D eigenvalue weighted by atomic mass is 9.87. The zero-order chi connectivity index (χ0) is 17.3. The Morgan fingerprint density at radius 3 is 2.42 bits per heavy atom. The minimum Gasteiger partial charge on any atom is -0.381 e. The minimum atomic E-state index is -0.208. The number of rotatable bonds is 4. The summed E-state index contributed by atoms with van der Waals surface area (Å²) in [6.07, 6.45) is 4.01. The molecule has 7 heteroatoms. The van der Waals surface area contributed by atoms with Gasteiger partial charge in [0, 0.05) is 32.5 Å². The SMILES string of the molecule is O=C(C[C@@H]1CCOC1)C[C@H]1CC[C@@H]2OC3C4O[C@@H]5C[C@H]4O[C@H]3[C@@H](O5)C2O1. The van der Waals surface area contributed by atoms with E-state index in [4.69, 9.17) is 28.4 Å². The lowest BCUT2D eigenvalue weighted by molar-refractivity contribution is -0.264. The van der Waals surface area contributed by atoms with Crippen LogP contribution in [0, 0.1) is 5.92 Å². The molecule has 3 unspecified atom stereocenters. The van der Waals surface area contributed by atoms with Crippen molar-refractivity contribution in [3.05, 3.63) is 0 Å². The second-order valence-electron chi connectivity index (χ2n) is 8.62. The van der Waals surface area contributed by atoms with E-state index in [2.05, 4.69) is 0 Å². The fraction of sp³-hybridized carbons (Fsp3) is 0.947. The second kappa shape index (κ2) is 6.22. The summed E-state index contributed by atoms with van der Waals surface area (Å²) in [4.78, 5) is 12.4. The molecule has 0 radical (unpaired) electrons. The molecule has 7 rings (SSSR count). The molecular formula is C19H26O7. The molecule has 6 bridgehead atoms. The van der Waals surface area contributed by atoms with E-state index in [1.54, 1.807) is 0 Å². The Morgan fingerprint density at radius 2 is 1.54 bits per heavy atom. The summed E-state index contributed by atoms with van der Waals surface area (Å²) in [5, 5.41) is 0. The first kappa shape index (κ1) is 16.4. The molecular weight excluding hydrogens is 340 g/mol. The molecule has 7 nitrogen and oxygen atoms in total. The first-order chi connectivity index (χ1) is 12.7. The number of carbonyl (C=O) groups excluding carboxylic acids is 1. The zero-order valence-electron chi connectivity index (χ0n) is 14.8. The first-order valence-electron chi connectivity index (χ1n) is 10.1. The summed E-state index contributed by atoms with van der Waals surface area (Å²) in [7, 11) is 0. The zero-order valence-corrected chi connectivity index (χ0v) is 14.8. The third kappa shape index (κ3) is 2.59. The molecule has 26 heavy (non-hydrogen) atoms. The molecule has 7 fully saturated rings. The Balaban J connectivity index is 1.13. The number of hydrogen-bond acceptors (Lipinski definition) is 7. The van der Waals surface area contributed by atoms with Gasteiger partial charge in [-0.3, -0.25) is 4.79 Å². The van der Waals surface area contributed by atoms with Crippen molar-refractivity contribution in [1.29, 1.82) is 0 Å². The number of hydrogen-bond donors (Lipinski definition) is 0. The summed E-state index contributed by atoms with van der Waals surface area (Å²) >= 11 is 0. The normalized spacial score (nSPS) is 54.3. The van der Waals surface area contributed by atoms with Crippen LogP contribution in [0.3, 0.4) is 0 Å². The number of Topliss-reactive ketones (excluding diaryl/α,β-unsaturated/α-hetero) is 1. The summed E-state index contributed by atoms with van der Waals surface area (Å²) in [6, 6.07) is 0. The summed E-state index contributed by atoms with van der Waals surface area (Å²) in [6.45, 7) is 1.50. The molecule has 0 spiro atoms. The van der Waals surface area contributed by atoms with Gasteiger partial charge in [-0.2, -0.15) is 0 Å². The van der Waals surface area contributed by atoms with Gasteiger partial charge in [-0.25, -0.2) is 0 Å². The van der Waals surface area contributed by atoms with Crippen LogP contribution in [0.15, 0.2) is 0 Å². The number of ketones is 1. The summed E-state index contributed by atoms with van der Waals surface area (Å²) < 4.78 is 36.4. The molecule has 144 valence electrons. The molecule has 0 aromatic carbocycles. The lowest BCUT2D eigenvalue weighted by Gasteiger charge is -2.46. The van der Waals surface area contributed by atoms with E-state index in [0.29, 0.717) is 18.8 Å². The van der Waals surface area contributed by atoms with E-state index in [9.17, 15) is 4.79 Å². The van der Waals surface area contributed by atoms with Gasteiger partial charge in [0.05, 0.1) is 18.3 Å². The van der Waals surface area contributed by atoms with Crippen LogP contribution >= 0.6 is 0 Å². The van der Waals surface area contributed by atoms with Crippen molar-refractivity contribution in [2.45, 2.75) is 93.6 Å². The molecule has 10 atom stereocenters. The van der Waals surface area contributed by atoms with Gasteiger partial charge in [-0.15, -0.1) is 0 Å². The standard InChI is InChI=1S/C19H26O7/c20-10(5-9-3-4-21-8-9)6-11-1-2-12-15(22-11)18-19-17(23-12)16-13(24-19)7-14(25-16)26-18/h9,11-19H,1-8H2/t9-,11+,12-,13+,14-,15?,16?,17?,18-,19+/m0/s1. The third-order valence-corrected chi connectivity index (χ3v) is 6.85.